The Morgan fingerprint density at radius 3 is 2.64 bits per heavy atom. The van der Waals surface area contributed by atoms with E-state index in [1.54, 1.807) is 0 Å². The quantitative estimate of drug-likeness (QED) is 0.911. The molecule has 7 heteroatoms. The number of halogens is 2. The molecule has 1 aromatic carbocycles. The summed E-state index contributed by atoms with van der Waals surface area (Å²) in [5.41, 5.74) is 2.92. The second-order valence-corrected chi connectivity index (χ2v) is 4.81. The Balaban J connectivity index is 2.14. The van der Waals surface area contributed by atoms with Crippen LogP contribution in [0.2, 0.25) is 0 Å². The smallest absolute Gasteiger partial charge is 0.277 e. The van der Waals surface area contributed by atoms with Gasteiger partial charge in [0.1, 0.15) is 28.7 Å². The predicted molar refractivity (Wildman–Crippen MR) is 75.3 cm³/mol. The van der Waals surface area contributed by atoms with E-state index >= 15 is 0 Å². The van der Waals surface area contributed by atoms with E-state index in [1.807, 2.05) is 6.92 Å². The van der Waals surface area contributed by atoms with Crippen molar-refractivity contribution in [1.29, 1.82) is 0 Å². The van der Waals surface area contributed by atoms with Crippen LogP contribution in [0.25, 0.3) is 0 Å². The molecular weight excluding hydrogens is 292 g/mol. The van der Waals surface area contributed by atoms with Gasteiger partial charge in [-0.15, -0.1) is 0 Å². The molecule has 114 valence electrons. The second kappa shape index (κ2) is 5.25. The normalized spacial score (nSPS) is 17.5. The second-order valence-electron chi connectivity index (χ2n) is 4.81. The standard InChI is InChI=1S/C15H13F2N3O2/c1-3-11-14-10(19-22-11)7-18-13(15(21)20(14)2)12-8(16)5-4-6-9(12)17/h4-7,19H,3H2,1-2H3. The number of nitrogens with one attached hydrogen (secondary N) is 1. The van der Waals surface area contributed by atoms with Gasteiger partial charge in [-0.25, -0.2) is 19.3 Å². The summed E-state index contributed by atoms with van der Waals surface area (Å²) in [5, 5.41) is 0. The van der Waals surface area contributed by atoms with Crippen LogP contribution in [0.4, 0.5) is 8.78 Å². The van der Waals surface area contributed by atoms with Gasteiger partial charge in [0, 0.05) is 13.5 Å². The van der Waals surface area contributed by atoms with Crippen molar-refractivity contribution in [3.63, 3.8) is 0 Å². The molecule has 2 heterocycles. The minimum absolute atomic E-state index is 0.287. The summed E-state index contributed by atoms with van der Waals surface area (Å²) in [4.78, 5) is 23.1. The number of carbonyl (C=O) groups excluding carboxylic acids is 1. The number of hydrogen-bond donors (Lipinski definition) is 1. The van der Waals surface area contributed by atoms with E-state index in [1.165, 1.54) is 24.2 Å². The number of rotatable bonds is 2. The molecule has 5 nitrogen and oxygen atoms in total. The third kappa shape index (κ3) is 2.05. The maximum Gasteiger partial charge on any atom is 0.277 e. The van der Waals surface area contributed by atoms with E-state index in [-0.39, 0.29) is 5.71 Å². The van der Waals surface area contributed by atoms with E-state index in [2.05, 4.69) is 10.5 Å². The maximum absolute atomic E-state index is 13.9. The molecule has 0 unspecified atom stereocenters. The van der Waals surface area contributed by atoms with Crippen LogP contribution in [-0.2, 0) is 9.63 Å². The van der Waals surface area contributed by atoms with Gasteiger partial charge >= 0.3 is 0 Å². The maximum atomic E-state index is 13.9. The van der Waals surface area contributed by atoms with Crippen LogP contribution in [-0.4, -0.2) is 23.6 Å². The molecule has 0 saturated heterocycles. The molecule has 1 amide bonds. The summed E-state index contributed by atoms with van der Waals surface area (Å²) in [6.45, 7) is 1.87. The minimum atomic E-state index is -0.833. The highest BCUT2D eigenvalue weighted by Crippen LogP contribution is 2.29. The zero-order valence-electron chi connectivity index (χ0n) is 12.0. The van der Waals surface area contributed by atoms with E-state index in [9.17, 15) is 13.6 Å². The number of likely N-dealkylation sites (N-methyl/N-ethyl adjacent to an activating group) is 1. The number of allylic oxidation sites excluding steroid dienone is 1. The molecular formula is C15H13F2N3O2. The first-order valence-electron chi connectivity index (χ1n) is 6.71. The lowest BCUT2D eigenvalue weighted by molar-refractivity contribution is -0.121. The van der Waals surface area contributed by atoms with Crippen LogP contribution in [0.3, 0.4) is 0 Å². The van der Waals surface area contributed by atoms with Crippen molar-refractivity contribution in [2.75, 3.05) is 7.05 Å². The minimum Gasteiger partial charge on any atom is -0.384 e. The summed E-state index contributed by atoms with van der Waals surface area (Å²) >= 11 is 0. The summed E-state index contributed by atoms with van der Waals surface area (Å²) in [6, 6.07) is 3.41. The van der Waals surface area contributed by atoms with E-state index in [0.29, 0.717) is 23.6 Å². The molecule has 1 N–H and O–H groups in total. The SMILES string of the molecule is CCC1=C2C(=CN=C(c3c(F)cccc3F)C(=O)N2C)NO1. The fraction of sp³-hybridized carbons (Fsp3) is 0.200. The molecule has 2 aliphatic rings. The number of fused-ring (bicyclic) bond motifs is 1. The van der Waals surface area contributed by atoms with Crippen LogP contribution >= 0.6 is 0 Å². The van der Waals surface area contributed by atoms with Crippen molar-refractivity contribution >= 4 is 11.6 Å². The molecule has 2 aliphatic heterocycles. The van der Waals surface area contributed by atoms with Crippen molar-refractivity contribution in [2.45, 2.75) is 13.3 Å². The Labute approximate surface area is 125 Å². The highest BCUT2D eigenvalue weighted by Gasteiger charge is 2.34. The third-order valence-corrected chi connectivity index (χ3v) is 3.49. The van der Waals surface area contributed by atoms with E-state index in [0.717, 1.165) is 12.1 Å². The fourth-order valence-electron chi connectivity index (χ4n) is 2.40. The van der Waals surface area contributed by atoms with Gasteiger partial charge in [-0.1, -0.05) is 13.0 Å². The number of amides is 1. The monoisotopic (exact) mass is 305 g/mol. The van der Waals surface area contributed by atoms with Crippen molar-refractivity contribution in [3.8, 4) is 0 Å². The number of hydroxylamine groups is 1. The Hall–Kier alpha value is -2.70. The van der Waals surface area contributed by atoms with Gasteiger partial charge in [0.05, 0.1) is 11.8 Å². The average Bonchev–Trinajstić information content (AvgIpc) is 2.86. The molecule has 0 atom stereocenters. The molecule has 0 bridgehead atoms. The Morgan fingerprint density at radius 2 is 2.00 bits per heavy atom. The summed E-state index contributed by atoms with van der Waals surface area (Å²) in [7, 11) is 1.51. The molecule has 0 saturated carbocycles. The highest BCUT2D eigenvalue weighted by atomic mass is 19.1. The lowest BCUT2D eigenvalue weighted by Crippen LogP contribution is -2.34. The first kappa shape index (κ1) is 14.2. The Morgan fingerprint density at radius 1 is 1.32 bits per heavy atom. The average molecular weight is 305 g/mol. The molecule has 0 aliphatic carbocycles. The zero-order chi connectivity index (χ0) is 15.9. The van der Waals surface area contributed by atoms with Gasteiger partial charge in [0.25, 0.3) is 5.91 Å². The van der Waals surface area contributed by atoms with Crippen molar-refractivity contribution in [3.05, 3.63) is 58.8 Å². The van der Waals surface area contributed by atoms with E-state index in [4.69, 9.17) is 4.84 Å². The molecule has 0 spiro atoms. The van der Waals surface area contributed by atoms with Crippen molar-refractivity contribution < 1.29 is 18.4 Å². The van der Waals surface area contributed by atoms with Gasteiger partial charge in [-0.05, 0) is 12.1 Å². The lowest BCUT2D eigenvalue weighted by Gasteiger charge is -2.18. The predicted octanol–water partition coefficient (Wildman–Crippen LogP) is 2.22. The number of nitrogens with zero attached hydrogens (tertiary/aromatic N) is 2. The summed E-state index contributed by atoms with van der Waals surface area (Å²) < 4.78 is 27.9. The molecule has 1 aromatic rings. The molecule has 0 fully saturated rings. The lowest BCUT2D eigenvalue weighted by atomic mass is 10.1. The third-order valence-electron chi connectivity index (χ3n) is 3.49. The topological polar surface area (TPSA) is 53.9 Å². The van der Waals surface area contributed by atoms with Crippen LogP contribution < -0.4 is 5.48 Å². The fourth-order valence-corrected chi connectivity index (χ4v) is 2.40. The van der Waals surface area contributed by atoms with Gasteiger partial charge in [-0.3, -0.25) is 4.79 Å². The van der Waals surface area contributed by atoms with Crippen LogP contribution in [0.1, 0.15) is 18.9 Å². The van der Waals surface area contributed by atoms with Crippen LogP contribution in [0.15, 0.2) is 46.5 Å². The van der Waals surface area contributed by atoms with Crippen molar-refractivity contribution in [2.24, 2.45) is 4.99 Å². The summed E-state index contributed by atoms with van der Waals surface area (Å²) in [6.07, 6.45) is 1.89. The van der Waals surface area contributed by atoms with Crippen LogP contribution in [0.5, 0.6) is 0 Å². The Kier molecular flexibility index (Phi) is 3.40. The van der Waals surface area contributed by atoms with Crippen molar-refractivity contribution in [1.82, 2.24) is 10.4 Å². The van der Waals surface area contributed by atoms with E-state index < -0.39 is 23.1 Å². The summed E-state index contributed by atoms with van der Waals surface area (Å²) in [5.74, 6) is -1.71. The molecule has 0 radical (unpaired) electrons. The van der Waals surface area contributed by atoms with Gasteiger partial charge < -0.3 is 9.74 Å². The first-order chi connectivity index (χ1) is 10.5. The van der Waals surface area contributed by atoms with Gasteiger partial charge in [0.15, 0.2) is 5.76 Å². The van der Waals surface area contributed by atoms with Crippen LogP contribution in [0, 0.1) is 11.6 Å². The Bertz CT molecular complexity index is 733. The first-order valence-corrected chi connectivity index (χ1v) is 6.71. The number of carbonyl (C=O) groups is 1. The number of benzene rings is 1. The zero-order valence-corrected chi connectivity index (χ0v) is 12.0. The number of hydrogen-bond acceptors (Lipinski definition) is 4. The number of aliphatic imine (C=N–C) groups is 1. The highest BCUT2D eigenvalue weighted by molar-refractivity contribution is 6.46. The molecule has 0 aromatic heterocycles. The largest absolute Gasteiger partial charge is 0.384 e. The molecule has 22 heavy (non-hydrogen) atoms. The van der Waals surface area contributed by atoms with Gasteiger partial charge in [0.2, 0.25) is 0 Å². The molecule has 3 rings (SSSR count). The van der Waals surface area contributed by atoms with Gasteiger partial charge in [-0.2, -0.15) is 0 Å².